The highest BCUT2D eigenvalue weighted by molar-refractivity contribution is 7.98. The number of nitrogens with one attached hydrogen (secondary N) is 1. The van der Waals surface area contributed by atoms with Gasteiger partial charge in [-0.05, 0) is 37.7 Å². The number of amides is 1. The number of thioether (sulfide) groups is 1. The van der Waals surface area contributed by atoms with E-state index in [4.69, 9.17) is 11.0 Å². The van der Waals surface area contributed by atoms with E-state index in [0.717, 1.165) is 25.0 Å². The molecule has 1 saturated carbocycles. The van der Waals surface area contributed by atoms with Gasteiger partial charge in [-0.3, -0.25) is 4.79 Å². The van der Waals surface area contributed by atoms with Crippen LogP contribution in [-0.2, 0) is 4.79 Å². The summed E-state index contributed by atoms with van der Waals surface area (Å²) in [6, 6.07) is 1.82. The zero-order chi connectivity index (χ0) is 12.0. The highest BCUT2D eigenvalue weighted by Crippen LogP contribution is 2.24. The van der Waals surface area contributed by atoms with Crippen LogP contribution in [0, 0.1) is 17.2 Å². The van der Waals surface area contributed by atoms with Crippen LogP contribution in [0.5, 0.6) is 0 Å². The summed E-state index contributed by atoms with van der Waals surface area (Å²) in [5, 5.41) is 11.8. The monoisotopic (exact) mass is 241 g/mol. The van der Waals surface area contributed by atoms with Gasteiger partial charge < -0.3 is 11.1 Å². The van der Waals surface area contributed by atoms with Crippen LogP contribution >= 0.6 is 11.8 Å². The molecule has 0 spiro atoms. The summed E-state index contributed by atoms with van der Waals surface area (Å²) >= 11 is 1.68. The predicted octanol–water partition coefficient (Wildman–Crippen LogP) is 0.875. The Labute approximate surface area is 101 Å². The Bertz CT molecular complexity index is 277. The number of nitrogens with two attached hydrogens (primary N) is 1. The van der Waals surface area contributed by atoms with Crippen LogP contribution in [0.2, 0.25) is 0 Å². The fraction of sp³-hybridized carbons (Fsp3) is 0.818. The van der Waals surface area contributed by atoms with Gasteiger partial charge in [0, 0.05) is 6.04 Å². The maximum Gasteiger partial charge on any atom is 0.237 e. The van der Waals surface area contributed by atoms with Crippen molar-refractivity contribution in [1.82, 2.24) is 5.32 Å². The third-order valence-corrected chi connectivity index (χ3v) is 3.62. The second-order valence-electron chi connectivity index (χ2n) is 4.17. The van der Waals surface area contributed by atoms with Crippen molar-refractivity contribution in [3.8, 4) is 6.07 Å². The Morgan fingerprint density at radius 3 is 3.06 bits per heavy atom. The number of hydrogen-bond acceptors (Lipinski definition) is 4. The van der Waals surface area contributed by atoms with E-state index < -0.39 is 6.04 Å². The predicted molar refractivity (Wildman–Crippen MR) is 65.9 cm³/mol. The third kappa shape index (κ3) is 3.69. The van der Waals surface area contributed by atoms with E-state index in [1.165, 1.54) is 0 Å². The molecule has 1 aliphatic rings. The minimum Gasteiger partial charge on any atom is -0.351 e. The van der Waals surface area contributed by atoms with E-state index in [1.807, 2.05) is 6.26 Å². The smallest absolute Gasteiger partial charge is 0.237 e. The van der Waals surface area contributed by atoms with Crippen molar-refractivity contribution >= 4 is 17.7 Å². The lowest BCUT2D eigenvalue weighted by atomic mass is 10.1. The number of rotatable bonds is 5. The lowest BCUT2D eigenvalue weighted by molar-refractivity contribution is -0.123. The molecule has 0 aliphatic heterocycles. The molecular formula is C11H19N3OS. The average Bonchev–Trinajstić information content (AvgIpc) is 2.72. The molecule has 0 heterocycles. The fourth-order valence-electron chi connectivity index (χ4n) is 1.95. The van der Waals surface area contributed by atoms with Gasteiger partial charge in [0.1, 0.15) is 0 Å². The number of hydrogen-bond donors (Lipinski definition) is 2. The van der Waals surface area contributed by atoms with Gasteiger partial charge in [-0.2, -0.15) is 17.0 Å². The summed E-state index contributed by atoms with van der Waals surface area (Å²) in [6.45, 7) is 0. The lowest BCUT2D eigenvalue weighted by Crippen LogP contribution is -2.46. The van der Waals surface area contributed by atoms with Crippen LogP contribution in [0.1, 0.15) is 25.7 Å². The number of nitriles is 1. The first kappa shape index (κ1) is 13.3. The van der Waals surface area contributed by atoms with Gasteiger partial charge in [0.05, 0.1) is 18.0 Å². The summed E-state index contributed by atoms with van der Waals surface area (Å²) in [4.78, 5) is 11.7. The second-order valence-corrected chi connectivity index (χ2v) is 5.16. The fourth-order valence-corrected chi connectivity index (χ4v) is 2.44. The molecule has 5 heteroatoms. The normalized spacial score (nSPS) is 26.1. The molecule has 3 atom stereocenters. The minimum absolute atomic E-state index is 0.0119. The zero-order valence-electron chi connectivity index (χ0n) is 9.61. The maximum atomic E-state index is 11.7. The first-order chi connectivity index (χ1) is 7.69. The van der Waals surface area contributed by atoms with Gasteiger partial charge >= 0.3 is 0 Å². The van der Waals surface area contributed by atoms with E-state index in [9.17, 15) is 4.79 Å². The number of nitrogens with zero attached hydrogens (tertiary/aromatic N) is 1. The standard InChI is InChI=1S/C11H19N3OS/c1-16-6-5-9(13)11(15)14-10-4-2-3-8(10)7-12/h8-10H,2-6,13H2,1H3,(H,14,15)/t8?,9-,10?/m1/s1. The Kier molecular flexibility index (Phi) is 5.64. The van der Waals surface area contributed by atoms with Crippen LogP contribution in [0.4, 0.5) is 0 Å². The van der Waals surface area contributed by atoms with Crippen molar-refractivity contribution in [3.05, 3.63) is 0 Å². The first-order valence-electron chi connectivity index (χ1n) is 5.63. The van der Waals surface area contributed by atoms with Crippen molar-refractivity contribution in [2.75, 3.05) is 12.0 Å². The zero-order valence-corrected chi connectivity index (χ0v) is 10.4. The van der Waals surface area contributed by atoms with E-state index >= 15 is 0 Å². The van der Waals surface area contributed by atoms with Crippen molar-refractivity contribution < 1.29 is 4.79 Å². The topological polar surface area (TPSA) is 78.9 Å². The first-order valence-corrected chi connectivity index (χ1v) is 7.03. The van der Waals surface area contributed by atoms with Crippen LogP contribution in [0.15, 0.2) is 0 Å². The molecule has 0 aromatic rings. The molecule has 2 unspecified atom stereocenters. The SMILES string of the molecule is CSCC[C@@H](N)C(=O)NC1CCCC1C#N. The molecule has 1 aliphatic carbocycles. The largest absolute Gasteiger partial charge is 0.351 e. The molecule has 1 rings (SSSR count). The Balaban J connectivity index is 2.36. The quantitative estimate of drug-likeness (QED) is 0.748. The molecule has 1 fully saturated rings. The van der Waals surface area contributed by atoms with Crippen molar-refractivity contribution in [3.63, 3.8) is 0 Å². The van der Waals surface area contributed by atoms with Gasteiger partial charge in [0.2, 0.25) is 5.91 Å². The second kappa shape index (κ2) is 6.77. The molecule has 0 aromatic heterocycles. The van der Waals surface area contributed by atoms with Crippen molar-refractivity contribution in [2.24, 2.45) is 11.7 Å². The number of carbonyl (C=O) groups is 1. The summed E-state index contributed by atoms with van der Waals surface area (Å²) in [6.07, 6.45) is 5.49. The summed E-state index contributed by atoms with van der Waals surface area (Å²) < 4.78 is 0. The van der Waals surface area contributed by atoms with E-state index in [2.05, 4.69) is 11.4 Å². The van der Waals surface area contributed by atoms with Crippen LogP contribution in [-0.4, -0.2) is 30.0 Å². The molecule has 90 valence electrons. The van der Waals surface area contributed by atoms with Gasteiger partial charge in [0.25, 0.3) is 0 Å². The third-order valence-electron chi connectivity index (χ3n) is 2.98. The van der Waals surface area contributed by atoms with Crippen LogP contribution in [0.25, 0.3) is 0 Å². The van der Waals surface area contributed by atoms with Gasteiger partial charge in [-0.15, -0.1) is 0 Å². The van der Waals surface area contributed by atoms with Gasteiger partial charge in [-0.1, -0.05) is 0 Å². The van der Waals surface area contributed by atoms with Gasteiger partial charge in [0.15, 0.2) is 0 Å². The molecule has 3 N–H and O–H groups in total. The molecule has 0 bridgehead atoms. The minimum atomic E-state index is -0.438. The molecule has 0 saturated heterocycles. The maximum absolute atomic E-state index is 11.7. The van der Waals surface area contributed by atoms with Gasteiger partial charge in [-0.25, -0.2) is 0 Å². The van der Waals surface area contributed by atoms with Crippen molar-refractivity contribution in [1.29, 1.82) is 5.26 Å². The molecule has 4 nitrogen and oxygen atoms in total. The summed E-state index contributed by atoms with van der Waals surface area (Å²) in [5.74, 6) is 0.749. The summed E-state index contributed by atoms with van der Waals surface area (Å²) in [5.41, 5.74) is 5.76. The molecule has 0 aromatic carbocycles. The Morgan fingerprint density at radius 1 is 1.69 bits per heavy atom. The number of carbonyl (C=O) groups excluding carboxylic acids is 1. The van der Waals surface area contributed by atoms with Crippen molar-refractivity contribution in [2.45, 2.75) is 37.8 Å². The summed E-state index contributed by atoms with van der Waals surface area (Å²) in [7, 11) is 0. The highest BCUT2D eigenvalue weighted by atomic mass is 32.2. The van der Waals surface area contributed by atoms with Crippen LogP contribution < -0.4 is 11.1 Å². The van der Waals surface area contributed by atoms with E-state index in [1.54, 1.807) is 11.8 Å². The van der Waals surface area contributed by atoms with E-state index in [-0.39, 0.29) is 17.9 Å². The highest BCUT2D eigenvalue weighted by Gasteiger charge is 2.29. The van der Waals surface area contributed by atoms with E-state index in [0.29, 0.717) is 6.42 Å². The Hall–Kier alpha value is -0.730. The molecule has 0 radical (unpaired) electrons. The van der Waals surface area contributed by atoms with Crippen LogP contribution in [0.3, 0.4) is 0 Å². The molecule has 1 amide bonds. The average molecular weight is 241 g/mol. The lowest BCUT2D eigenvalue weighted by Gasteiger charge is -2.18. The molecule has 16 heavy (non-hydrogen) atoms. The Morgan fingerprint density at radius 2 is 2.44 bits per heavy atom. The molecular weight excluding hydrogens is 222 g/mol.